The van der Waals surface area contributed by atoms with Gasteiger partial charge in [0, 0.05) is 0 Å². The summed E-state index contributed by atoms with van der Waals surface area (Å²) in [5.74, 6) is 0.389. The fourth-order valence-corrected chi connectivity index (χ4v) is 2.16. The molecule has 0 saturated heterocycles. The standard InChI is InChI=1S/C10H14O.C10H12/c1-10(2,3)8-6-4-5-7-9(8)11;1-8(2)10-7-5-4-6-9(10)3/h4-7,11H,1-3H3;4-7H,1H2,2-3H3. The fraction of sp³-hybridized carbons (Fsp3) is 0.300. The maximum Gasteiger partial charge on any atom is 0.119 e. The zero-order valence-electron chi connectivity index (χ0n) is 13.8. The molecule has 1 nitrogen and oxygen atoms in total. The summed E-state index contributed by atoms with van der Waals surface area (Å²) in [4.78, 5) is 0. The van der Waals surface area contributed by atoms with Crippen LogP contribution in [0.15, 0.2) is 55.1 Å². The summed E-state index contributed by atoms with van der Waals surface area (Å²) in [6.07, 6.45) is 0. The predicted octanol–water partition coefficient (Wildman–Crippen LogP) is 5.72. The molecule has 0 bridgehead atoms. The highest BCUT2D eigenvalue weighted by atomic mass is 16.3. The van der Waals surface area contributed by atoms with E-state index in [9.17, 15) is 5.11 Å². The van der Waals surface area contributed by atoms with Gasteiger partial charge in [-0.05, 0) is 42.0 Å². The maximum atomic E-state index is 9.45. The Morgan fingerprint density at radius 2 is 1.48 bits per heavy atom. The van der Waals surface area contributed by atoms with Crippen LogP contribution in [0.25, 0.3) is 5.57 Å². The minimum Gasteiger partial charge on any atom is -0.508 e. The fourth-order valence-electron chi connectivity index (χ4n) is 2.16. The summed E-state index contributed by atoms with van der Waals surface area (Å²) < 4.78 is 0. The van der Waals surface area contributed by atoms with E-state index in [-0.39, 0.29) is 5.41 Å². The first-order valence-electron chi connectivity index (χ1n) is 7.23. The highest BCUT2D eigenvalue weighted by Gasteiger charge is 2.16. The Kier molecular flexibility index (Phi) is 5.78. The Balaban J connectivity index is 0.000000211. The van der Waals surface area contributed by atoms with Gasteiger partial charge >= 0.3 is 0 Å². The number of allylic oxidation sites excluding steroid dienone is 1. The number of phenolic OH excluding ortho intramolecular Hbond substituents is 1. The molecule has 0 unspecified atom stereocenters. The normalized spacial score (nSPS) is 10.5. The molecular formula is C20H26O. The van der Waals surface area contributed by atoms with Crippen molar-refractivity contribution in [2.45, 2.75) is 40.0 Å². The van der Waals surface area contributed by atoms with Gasteiger partial charge in [-0.15, -0.1) is 0 Å². The van der Waals surface area contributed by atoms with Crippen LogP contribution in [0.3, 0.4) is 0 Å². The molecule has 0 aliphatic carbocycles. The third kappa shape index (κ3) is 5.11. The molecule has 0 spiro atoms. The van der Waals surface area contributed by atoms with Gasteiger partial charge in [-0.25, -0.2) is 0 Å². The number of hydrogen-bond donors (Lipinski definition) is 1. The number of phenols is 1. The molecule has 2 aromatic carbocycles. The molecule has 21 heavy (non-hydrogen) atoms. The van der Waals surface area contributed by atoms with Crippen molar-refractivity contribution in [2.75, 3.05) is 0 Å². The average Bonchev–Trinajstić information content (AvgIpc) is 2.39. The molecular weight excluding hydrogens is 256 g/mol. The maximum absolute atomic E-state index is 9.45. The van der Waals surface area contributed by atoms with Crippen LogP contribution in [0.1, 0.15) is 44.4 Å². The topological polar surface area (TPSA) is 20.2 Å². The Morgan fingerprint density at radius 3 is 1.86 bits per heavy atom. The van der Waals surface area contributed by atoms with E-state index >= 15 is 0 Å². The van der Waals surface area contributed by atoms with Gasteiger partial charge in [-0.1, -0.05) is 75.4 Å². The number of aromatic hydroxyl groups is 1. The van der Waals surface area contributed by atoms with Gasteiger partial charge in [0.25, 0.3) is 0 Å². The van der Waals surface area contributed by atoms with Crippen molar-refractivity contribution in [3.63, 3.8) is 0 Å². The number of para-hydroxylation sites is 1. The molecule has 0 amide bonds. The van der Waals surface area contributed by atoms with E-state index < -0.39 is 0 Å². The zero-order chi connectivity index (χ0) is 16.0. The lowest BCUT2D eigenvalue weighted by Gasteiger charge is -2.19. The summed E-state index contributed by atoms with van der Waals surface area (Å²) in [7, 11) is 0. The Bertz CT molecular complexity index is 603. The van der Waals surface area contributed by atoms with E-state index in [4.69, 9.17) is 0 Å². The van der Waals surface area contributed by atoms with Crippen LogP contribution < -0.4 is 0 Å². The largest absolute Gasteiger partial charge is 0.508 e. The molecule has 112 valence electrons. The van der Waals surface area contributed by atoms with E-state index in [1.54, 1.807) is 6.07 Å². The van der Waals surface area contributed by atoms with Gasteiger partial charge in [0.15, 0.2) is 0 Å². The van der Waals surface area contributed by atoms with E-state index in [0.29, 0.717) is 5.75 Å². The molecule has 0 aliphatic heterocycles. The lowest BCUT2D eigenvalue weighted by Crippen LogP contribution is -2.10. The van der Waals surface area contributed by atoms with E-state index in [0.717, 1.165) is 11.1 Å². The Hall–Kier alpha value is -2.02. The SMILES string of the molecule is C=C(C)c1ccccc1C.CC(C)(C)c1ccccc1O. The van der Waals surface area contributed by atoms with Crippen LogP contribution in [0.5, 0.6) is 5.75 Å². The smallest absolute Gasteiger partial charge is 0.119 e. The number of hydrogen-bond acceptors (Lipinski definition) is 1. The van der Waals surface area contributed by atoms with E-state index in [2.05, 4.69) is 46.4 Å². The molecule has 0 fully saturated rings. The zero-order valence-corrected chi connectivity index (χ0v) is 13.8. The third-order valence-electron chi connectivity index (χ3n) is 3.32. The summed E-state index contributed by atoms with van der Waals surface area (Å²) in [6.45, 7) is 14.3. The molecule has 0 aromatic heterocycles. The van der Waals surface area contributed by atoms with Crippen LogP contribution >= 0.6 is 0 Å². The van der Waals surface area contributed by atoms with Gasteiger partial charge in [0.05, 0.1) is 0 Å². The molecule has 0 saturated carbocycles. The summed E-state index contributed by atoms with van der Waals surface area (Å²) >= 11 is 0. The van der Waals surface area contributed by atoms with Gasteiger partial charge in [-0.3, -0.25) is 0 Å². The molecule has 2 rings (SSSR count). The molecule has 0 aliphatic rings. The first-order chi connectivity index (χ1) is 9.73. The third-order valence-corrected chi connectivity index (χ3v) is 3.32. The molecule has 0 heterocycles. The monoisotopic (exact) mass is 282 g/mol. The van der Waals surface area contributed by atoms with Crippen LogP contribution in [0, 0.1) is 6.92 Å². The van der Waals surface area contributed by atoms with Crippen molar-refractivity contribution in [1.82, 2.24) is 0 Å². The second-order valence-electron chi connectivity index (χ2n) is 6.36. The quantitative estimate of drug-likeness (QED) is 0.709. The van der Waals surface area contributed by atoms with Crippen molar-refractivity contribution in [2.24, 2.45) is 0 Å². The van der Waals surface area contributed by atoms with Crippen molar-refractivity contribution in [3.8, 4) is 5.75 Å². The molecule has 1 heteroatoms. The van der Waals surface area contributed by atoms with Crippen LogP contribution in [-0.2, 0) is 5.41 Å². The van der Waals surface area contributed by atoms with E-state index in [1.165, 1.54) is 11.1 Å². The van der Waals surface area contributed by atoms with Gasteiger partial charge in [0.1, 0.15) is 5.75 Å². The number of rotatable bonds is 1. The molecule has 2 aromatic rings. The van der Waals surface area contributed by atoms with Crippen molar-refractivity contribution < 1.29 is 5.11 Å². The lowest BCUT2D eigenvalue weighted by molar-refractivity contribution is 0.447. The number of benzene rings is 2. The van der Waals surface area contributed by atoms with Crippen LogP contribution in [0.2, 0.25) is 0 Å². The lowest BCUT2D eigenvalue weighted by atomic mass is 9.86. The second kappa shape index (κ2) is 7.12. The van der Waals surface area contributed by atoms with Gasteiger partial charge < -0.3 is 5.11 Å². The van der Waals surface area contributed by atoms with Crippen molar-refractivity contribution in [1.29, 1.82) is 0 Å². The van der Waals surface area contributed by atoms with Crippen LogP contribution in [0.4, 0.5) is 0 Å². The minimum absolute atomic E-state index is 0.0331. The van der Waals surface area contributed by atoms with Crippen LogP contribution in [-0.4, -0.2) is 5.11 Å². The molecule has 1 N–H and O–H groups in total. The van der Waals surface area contributed by atoms with Crippen molar-refractivity contribution >= 4 is 5.57 Å². The summed E-state index contributed by atoms with van der Waals surface area (Å²) in [6, 6.07) is 15.7. The second-order valence-corrected chi connectivity index (χ2v) is 6.36. The first-order valence-corrected chi connectivity index (χ1v) is 7.23. The first kappa shape index (κ1) is 17.0. The molecule has 0 radical (unpaired) electrons. The minimum atomic E-state index is 0.0331. The Morgan fingerprint density at radius 1 is 0.952 bits per heavy atom. The van der Waals surface area contributed by atoms with Gasteiger partial charge in [-0.2, -0.15) is 0 Å². The van der Waals surface area contributed by atoms with Crippen molar-refractivity contribution in [3.05, 3.63) is 71.8 Å². The highest BCUT2D eigenvalue weighted by molar-refractivity contribution is 5.63. The summed E-state index contributed by atoms with van der Waals surface area (Å²) in [5, 5.41) is 9.45. The highest BCUT2D eigenvalue weighted by Crippen LogP contribution is 2.29. The predicted molar refractivity (Wildman–Crippen MR) is 92.7 cm³/mol. The number of aryl methyl sites for hydroxylation is 1. The average molecular weight is 282 g/mol. The summed E-state index contributed by atoms with van der Waals surface area (Å²) in [5.41, 5.74) is 4.74. The molecule has 0 atom stereocenters. The van der Waals surface area contributed by atoms with E-state index in [1.807, 2.05) is 37.3 Å². The van der Waals surface area contributed by atoms with Gasteiger partial charge in [0.2, 0.25) is 0 Å². The Labute approximate surface area is 129 Å².